The highest BCUT2D eigenvalue weighted by Crippen LogP contribution is 2.33. The maximum absolute atomic E-state index is 6.06. The minimum atomic E-state index is 0.391. The van der Waals surface area contributed by atoms with Gasteiger partial charge in [0, 0.05) is 5.02 Å². The summed E-state index contributed by atoms with van der Waals surface area (Å²) in [6, 6.07) is 8.61. The zero-order valence-corrected chi connectivity index (χ0v) is 14.1. The molecule has 1 N–H and O–H groups in total. The van der Waals surface area contributed by atoms with E-state index in [1.54, 1.807) is 44.7 Å². The van der Waals surface area contributed by atoms with E-state index in [0.29, 0.717) is 32.3 Å². The second-order valence-corrected chi connectivity index (χ2v) is 5.48. The molecule has 0 unspecified atom stereocenters. The Morgan fingerprint density at radius 2 is 1.59 bits per heavy atom. The highest BCUT2D eigenvalue weighted by Gasteiger charge is 2.07. The monoisotopic (exact) mass is 358 g/mol. The Morgan fingerprint density at radius 3 is 2.18 bits per heavy atom. The number of hydrogen-bond donors (Lipinski definition) is 1. The van der Waals surface area contributed by atoms with Crippen molar-refractivity contribution in [2.75, 3.05) is 19.6 Å². The van der Waals surface area contributed by atoms with E-state index in [1.165, 1.54) is 0 Å². The fraction of sp³-hybridized carbons (Fsp3) is 0.133. The van der Waals surface area contributed by atoms with Crippen molar-refractivity contribution in [3.63, 3.8) is 0 Å². The third-order valence-corrected chi connectivity index (χ3v) is 3.62. The Morgan fingerprint density at radius 1 is 0.955 bits per heavy atom. The van der Waals surface area contributed by atoms with Gasteiger partial charge in [-0.25, -0.2) is 0 Å². The molecule has 0 heterocycles. The van der Waals surface area contributed by atoms with Crippen LogP contribution in [0.1, 0.15) is 5.56 Å². The molecule has 0 spiro atoms. The van der Waals surface area contributed by atoms with E-state index in [2.05, 4.69) is 10.5 Å². The van der Waals surface area contributed by atoms with Gasteiger partial charge in [-0.15, -0.1) is 0 Å². The molecule has 0 aliphatic rings. The summed E-state index contributed by atoms with van der Waals surface area (Å²) in [5.41, 5.74) is 4.11. The molecule has 2 aromatic rings. The summed E-state index contributed by atoms with van der Waals surface area (Å²) in [7, 11) is 3.15. The zero-order valence-electron chi connectivity index (χ0n) is 11.9. The lowest BCUT2D eigenvalue weighted by Crippen LogP contribution is -1.95. The van der Waals surface area contributed by atoms with Crippen molar-refractivity contribution in [1.29, 1.82) is 0 Å². The van der Waals surface area contributed by atoms with Crippen molar-refractivity contribution >= 4 is 46.7 Å². The van der Waals surface area contributed by atoms with Crippen LogP contribution in [-0.2, 0) is 0 Å². The van der Waals surface area contributed by atoms with Crippen molar-refractivity contribution in [2.45, 2.75) is 0 Å². The largest absolute Gasteiger partial charge is 0.493 e. The molecule has 0 bridgehead atoms. The molecule has 0 saturated heterocycles. The van der Waals surface area contributed by atoms with E-state index in [-0.39, 0.29) is 0 Å². The number of halogens is 3. The molecule has 0 fully saturated rings. The number of nitrogens with one attached hydrogen (secondary N) is 1. The van der Waals surface area contributed by atoms with Crippen molar-refractivity contribution < 1.29 is 9.47 Å². The molecule has 0 aliphatic carbocycles. The van der Waals surface area contributed by atoms with Gasteiger partial charge in [0.2, 0.25) is 0 Å². The standard InChI is InChI=1S/C15H13Cl3N2O2/c1-21-13-4-3-9(5-14(13)22-2)8-19-20-15-11(17)6-10(16)7-12(15)18/h3-8,20H,1-2H3/b19-8-. The molecule has 0 saturated carbocycles. The van der Waals surface area contributed by atoms with Crippen molar-refractivity contribution in [3.8, 4) is 11.5 Å². The van der Waals surface area contributed by atoms with Crippen LogP contribution in [0.25, 0.3) is 0 Å². The van der Waals surface area contributed by atoms with Gasteiger partial charge in [-0.3, -0.25) is 5.43 Å². The lowest BCUT2D eigenvalue weighted by atomic mass is 10.2. The van der Waals surface area contributed by atoms with Crippen LogP contribution in [0.2, 0.25) is 15.1 Å². The van der Waals surface area contributed by atoms with Gasteiger partial charge in [0.25, 0.3) is 0 Å². The normalized spacial score (nSPS) is 10.8. The van der Waals surface area contributed by atoms with Gasteiger partial charge in [-0.2, -0.15) is 5.10 Å². The number of methoxy groups -OCH3 is 2. The van der Waals surface area contributed by atoms with Gasteiger partial charge in [0.05, 0.1) is 36.2 Å². The SMILES string of the molecule is COc1ccc(/C=N\Nc2c(Cl)cc(Cl)cc2Cl)cc1OC. The Kier molecular flexibility index (Phi) is 5.77. The van der Waals surface area contributed by atoms with Crippen LogP contribution in [0.4, 0.5) is 5.69 Å². The minimum absolute atomic E-state index is 0.391. The molecule has 2 aromatic carbocycles. The second kappa shape index (κ2) is 7.58. The van der Waals surface area contributed by atoms with Crippen LogP contribution >= 0.6 is 34.8 Å². The first-order chi connectivity index (χ1) is 10.5. The Bertz CT molecular complexity index is 682. The minimum Gasteiger partial charge on any atom is -0.493 e. The Balaban J connectivity index is 2.16. The van der Waals surface area contributed by atoms with Gasteiger partial charge in [0.1, 0.15) is 0 Å². The van der Waals surface area contributed by atoms with E-state index < -0.39 is 0 Å². The number of benzene rings is 2. The first-order valence-electron chi connectivity index (χ1n) is 6.20. The topological polar surface area (TPSA) is 42.8 Å². The number of ether oxygens (including phenoxy) is 2. The average molecular weight is 360 g/mol. The molecule has 0 amide bonds. The number of rotatable bonds is 5. The summed E-state index contributed by atoms with van der Waals surface area (Å²) < 4.78 is 10.4. The lowest BCUT2D eigenvalue weighted by Gasteiger charge is -2.08. The summed E-state index contributed by atoms with van der Waals surface area (Å²) >= 11 is 18.0. The van der Waals surface area contributed by atoms with Gasteiger partial charge in [-0.1, -0.05) is 34.8 Å². The second-order valence-electron chi connectivity index (χ2n) is 4.23. The number of hydrazone groups is 1. The van der Waals surface area contributed by atoms with Gasteiger partial charge in [-0.05, 0) is 35.9 Å². The van der Waals surface area contributed by atoms with Crippen LogP contribution in [0.15, 0.2) is 35.4 Å². The number of nitrogens with zero attached hydrogens (tertiary/aromatic N) is 1. The molecule has 0 radical (unpaired) electrons. The van der Waals surface area contributed by atoms with E-state index in [4.69, 9.17) is 44.3 Å². The predicted octanol–water partition coefficient (Wildman–Crippen LogP) is 5.11. The van der Waals surface area contributed by atoms with E-state index in [9.17, 15) is 0 Å². The summed E-state index contributed by atoms with van der Waals surface area (Å²) in [5, 5.41) is 5.35. The summed E-state index contributed by atoms with van der Waals surface area (Å²) in [6.07, 6.45) is 1.61. The molecular weight excluding hydrogens is 347 g/mol. The Labute approximate surface area is 143 Å². The first kappa shape index (κ1) is 16.7. The van der Waals surface area contributed by atoms with Gasteiger partial charge >= 0.3 is 0 Å². The fourth-order valence-corrected chi connectivity index (χ4v) is 2.65. The van der Waals surface area contributed by atoms with E-state index in [0.717, 1.165) is 5.56 Å². The molecule has 2 rings (SSSR count). The van der Waals surface area contributed by atoms with Crippen LogP contribution in [0, 0.1) is 0 Å². The first-order valence-corrected chi connectivity index (χ1v) is 7.34. The molecule has 7 heteroatoms. The zero-order chi connectivity index (χ0) is 16.1. The van der Waals surface area contributed by atoms with Crippen LogP contribution < -0.4 is 14.9 Å². The van der Waals surface area contributed by atoms with E-state index in [1.807, 2.05) is 6.07 Å². The maximum atomic E-state index is 6.06. The summed E-state index contributed by atoms with van der Waals surface area (Å²) in [4.78, 5) is 0. The molecule has 0 atom stereocenters. The smallest absolute Gasteiger partial charge is 0.161 e. The molecule has 0 aromatic heterocycles. The van der Waals surface area contributed by atoms with Crippen LogP contribution in [-0.4, -0.2) is 20.4 Å². The highest BCUT2D eigenvalue weighted by atomic mass is 35.5. The van der Waals surface area contributed by atoms with Crippen LogP contribution in [0.5, 0.6) is 11.5 Å². The number of anilines is 1. The lowest BCUT2D eigenvalue weighted by molar-refractivity contribution is 0.355. The average Bonchev–Trinajstić information content (AvgIpc) is 2.49. The third kappa shape index (κ3) is 3.97. The highest BCUT2D eigenvalue weighted by molar-refractivity contribution is 6.41. The molecule has 4 nitrogen and oxygen atoms in total. The van der Waals surface area contributed by atoms with Crippen LogP contribution in [0.3, 0.4) is 0 Å². The third-order valence-electron chi connectivity index (χ3n) is 2.80. The van der Waals surface area contributed by atoms with E-state index >= 15 is 0 Å². The van der Waals surface area contributed by atoms with Gasteiger partial charge in [0.15, 0.2) is 11.5 Å². The molecule has 22 heavy (non-hydrogen) atoms. The number of hydrogen-bond acceptors (Lipinski definition) is 4. The fourth-order valence-electron chi connectivity index (χ4n) is 1.75. The Hall–Kier alpha value is -1.62. The quantitative estimate of drug-likeness (QED) is 0.596. The van der Waals surface area contributed by atoms with Crippen molar-refractivity contribution in [2.24, 2.45) is 5.10 Å². The van der Waals surface area contributed by atoms with Gasteiger partial charge < -0.3 is 9.47 Å². The van der Waals surface area contributed by atoms with Crippen molar-refractivity contribution in [3.05, 3.63) is 51.0 Å². The molecular formula is C15H13Cl3N2O2. The summed E-state index contributed by atoms with van der Waals surface area (Å²) in [5.74, 6) is 1.27. The predicted molar refractivity (Wildman–Crippen MR) is 92.2 cm³/mol. The molecule has 0 aliphatic heterocycles. The maximum Gasteiger partial charge on any atom is 0.161 e. The summed E-state index contributed by atoms with van der Waals surface area (Å²) in [6.45, 7) is 0. The molecule has 116 valence electrons. The van der Waals surface area contributed by atoms with Crippen molar-refractivity contribution in [1.82, 2.24) is 0 Å².